The van der Waals surface area contributed by atoms with Crippen molar-refractivity contribution < 1.29 is 23.8 Å². The maximum absolute atomic E-state index is 13.6. The summed E-state index contributed by atoms with van der Waals surface area (Å²) in [6, 6.07) is 11.0. The predicted octanol–water partition coefficient (Wildman–Crippen LogP) is 3.37. The highest BCUT2D eigenvalue weighted by molar-refractivity contribution is 6.11. The van der Waals surface area contributed by atoms with Gasteiger partial charge in [-0.2, -0.15) is 0 Å². The monoisotopic (exact) mass is 426 g/mol. The molecule has 1 unspecified atom stereocenters. The number of benzene rings is 2. The first-order valence-corrected chi connectivity index (χ1v) is 10.4. The molecule has 7 nitrogen and oxygen atoms in total. The van der Waals surface area contributed by atoms with Gasteiger partial charge in [-0.15, -0.1) is 0 Å². The summed E-state index contributed by atoms with van der Waals surface area (Å²) in [7, 11) is 4.71. The number of anilines is 1. The molecule has 7 heteroatoms. The van der Waals surface area contributed by atoms with Crippen LogP contribution in [0.1, 0.15) is 35.7 Å². The van der Waals surface area contributed by atoms with E-state index >= 15 is 0 Å². The third-order valence-electron chi connectivity index (χ3n) is 5.79. The van der Waals surface area contributed by atoms with E-state index < -0.39 is 5.92 Å². The van der Waals surface area contributed by atoms with Gasteiger partial charge in [0.05, 0.1) is 45.0 Å². The zero-order valence-corrected chi connectivity index (χ0v) is 18.8. The van der Waals surface area contributed by atoms with Gasteiger partial charge in [-0.25, -0.2) is 0 Å². The molecule has 1 atom stereocenters. The molecule has 0 aliphatic carbocycles. The first-order valence-electron chi connectivity index (χ1n) is 10.4. The first-order chi connectivity index (χ1) is 15.0. The second-order valence-corrected chi connectivity index (χ2v) is 7.33. The lowest BCUT2D eigenvalue weighted by atomic mass is 9.85. The van der Waals surface area contributed by atoms with Crippen LogP contribution in [0.2, 0.25) is 0 Å². The largest absolute Gasteiger partial charge is 0.497 e. The summed E-state index contributed by atoms with van der Waals surface area (Å²) in [6.07, 6.45) is 0. The Hall–Kier alpha value is -3.22. The van der Waals surface area contributed by atoms with E-state index in [2.05, 4.69) is 0 Å². The molecule has 0 N–H and O–H groups in total. The van der Waals surface area contributed by atoms with E-state index in [9.17, 15) is 9.59 Å². The number of hydrogen-bond acceptors (Lipinski definition) is 6. The van der Waals surface area contributed by atoms with Gasteiger partial charge in [0.2, 0.25) is 5.91 Å². The van der Waals surface area contributed by atoms with E-state index in [1.165, 1.54) is 7.11 Å². The molecule has 0 spiro atoms. The Bertz CT molecular complexity index is 938. The number of rotatable bonds is 8. The molecule has 0 radical (unpaired) electrons. The number of likely N-dealkylation sites (N-methyl/N-ethyl adjacent to an activating group) is 1. The molecule has 1 aliphatic rings. The van der Waals surface area contributed by atoms with Crippen molar-refractivity contribution in [3.8, 4) is 17.2 Å². The lowest BCUT2D eigenvalue weighted by Crippen LogP contribution is -2.45. The molecule has 0 saturated heterocycles. The van der Waals surface area contributed by atoms with E-state index in [1.54, 1.807) is 31.3 Å². The highest BCUT2D eigenvalue weighted by atomic mass is 16.5. The van der Waals surface area contributed by atoms with Gasteiger partial charge in [-0.05, 0) is 43.7 Å². The molecule has 166 valence electrons. The van der Waals surface area contributed by atoms with Gasteiger partial charge in [0.25, 0.3) is 0 Å². The second-order valence-electron chi connectivity index (χ2n) is 7.33. The Morgan fingerprint density at radius 2 is 1.58 bits per heavy atom. The van der Waals surface area contributed by atoms with Gasteiger partial charge in [0.15, 0.2) is 5.78 Å². The van der Waals surface area contributed by atoms with Crippen molar-refractivity contribution >= 4 is 17.4 Å². The lowest BCUT2D eigenvalue weighted by Gasteiger charge is -2.37. The summed E-state index contributed by atoms with van der Waals surface area (Å²) in [5, 5.41) is 0. The molecule has 0 aromatic heterocycles. The van der Waals surface area contributed by atoms with Crippen molar-refractivity contribution in [3.63, 3.8) is 0 Å². The third kappa shape index (κ3) is 4.31. The van der Waals surface area contributed by atoms with Crippen LogP contribution in [0.25, 0.3) is 0 Å². The number of carbonyl (C=O) groups is 2. The third-order valence-corrected chi connectivity index (χ3v) is 5.79. The minimum atomic E-state index is -0.441. The predicted molar refractivity (Wildman–Crippen MR) is 120 cm³/mol. The van der Waals surface area contributed by atoms with Gasteiger partial charge in [-0.1, -0.05) is 12.1 Å². The Kier molecular flexibility index (Phi) is 7.05. The number of nitrogens with zero attached hydrogens (tertiary/aromatic N) is 2. The molecule has 31 heavy (non-hydrogen) atoms. The maximum Gasteiger partial charge on any atom is 0.242 e. The number of fused-ring (bicyclic) bond motifs is 1. The van der Waals surface area contributed by atoms with Gasteiger partial charge in [-0.3, -0.25) is 9.59 Å². The summed E-state index contributed by atoms with van der Waals surface area (Å²) in [5.41, 5.74) is 1.92. The summed E-state index contributed by atoms with van der Waals surface area (Å²) in [4.78, 5) is 30.3. The average molecular weight is 427 g/mol. The molecule has 2 aromatic rings. The first kappa shape index (κ1) is 22.5. The van der Waals surface area contributed by atoms with Crippen LogP contribution in [0, 0.1) is 0 Å². The second kappa shape index (κ2) is 9.73. The van der Waals surface area contributed by atoms with E-state index in [-0.39, 0.29) is 18.2 Å². The van der Waals surface area contributed by atoms with Crippen LogP contribution in [0.3, 0.4) is 0 Å². The van der Waals surface area contributed by atoms with Crippen LogP contribution in [0.15, 0.2) is 36.4 Å². The van der Waals surface area contributed by atoms with Gasteiger partial charge in [0, 0.05) is 19.6 Å². The molecule has 0 saturated carbocycles. The number of Topliss-reactive ketones (excluding diaryl/α,β-unsaturated/α-hetero) is 1. The molecule has 0 fully saturated rings. The fourth-order valence-corrected chi connectivity index (χ4v) is 4.09. The summed E-state index contributed by atoms with van der Waals surface area (Å²) in [6.45, 7) is 5.70. The number of ether oxygens (including phenoxy) is 3. The molecule has 3 rings (SSSR count). The van der Waals surface area contributed by atoms with Gasteiger partial charge >= 0.3 is 0 Å². The van der Waals surface area contributed by atoms with Crippen molar-refractivity contribution in [1.82, 2.24) is 4.90 Å². The van der Waals surface area contributed by atoms with Crippen molar-refractivity contribution in [2.24, 2.45) is 0 Å². The maximum atomic E-state index is 13.6. The fraction of sp³-hybridized carbons (Fsp3) is 0.417. The molecular formula is C24H30N2O5. The van der Waals surface area contributed by atoms with Crippen LogP contribution in [-0.2, 0) is 4.79 Å². The van der Waals surface area contributed by atoms with Crippen LogP contribution in [0.4, 0.5) is 5.69 Å². The van der Waals surface area contributed by atoms with Crippen molar-refractivity contribution in [2.45, 2.75) is 19.8 Å². The standard InChI is InChI=1S/C24H30N2O5/c1-6-25(7-2)21(27)15-26-14-18(16-8-10-17(29-3)11-9-16)24(28)22-19(30-4)12-13-20(31-5)23(22)26/h8-13,18H,6-7,14-15H2,1-5H3. The molecular weight excluding hydrogens is 396 g/mol. The molecule has 1 heterocycles. The Morgan fingerprint density at radius 3 is 2.13 bits per heavy atom. The topological polar surface area (TPSA) is 68.3 Å². The van der Waals surface area contributed by atoms with E-state index in [0.717, 1.165) is 11.3 Å². The normalized spacial score (nSPS) is 15.3. The molecule has 0 bridgehead atoms. The number of methoxy groups -OCH3 is 3. The Labute approximate surface area is 183 Å². The molecule has 2 aromatic carbocycles. The van der Waals surface area contributed by atoms with Crippen LogP contribution < -0.4 is 19.1 Å². The van der Waals surface area contributed by atoms with Crippen molar-refractivity contribution in [1.29, 1.82) is 0 Å². The summed E-state index contributed by atoms with van der Waals surface area (Å²) < 4.78 is 16.3. The zero-order valence-electron chi connectivity index (χ0n) is 18.8. The van der Waals surface area contributed by atoms with E-state index in [4.69, 9.17) is 14.2 Å². The van der Waals surface area contributed by atoms with Crippen LogP contribution >= 0.6 is 0 Å². The van der Waals surface area contributed by atoms with Gasteiger partial charge in [0.1, 0.15) is 17.2 Å². The smallest absolute Gasteiger partial charge is 0.242 e. The Morgan fingerprint density at radius 1 is 0.968 bits per heavy atom. The quantitative estimate of drug-likeness (QED) is 0.645. The fourth-order valence-electron chi connectivity index (χ4n) is 4.09. The minimum absolute atomic E-state index is 0.00338. The number of ketones is 1. The molecule has 1 amide bonds. The number of carbonyl (C=O) groups excluding carboxylic acids is 2. The molecule has 1 aliphatic heterocycles. The Balaban J connectivity index is 2.10. The van der Waals surface area contributed by atoms with Crippen molar-refractivity contribution in [3.05, 3.63) is 47.5 Å². The SMILES string of the molecule is CCN(CC)C(=O)CN1CC(c2ccc(OC)cc2)C(=O)c2c(OC)ccc(OC)c21. The minimum Gasteiger partial charge on any atom is -0.497 e. The van der Waals surface area contributed by atoms with Gasteiger partial charge < -0.3 is 24.0 Å². The number of hydrogen-bond donors (Lipinski definition) is 0. The van der Waals surface area contributed by atoms with Crippen molar-refractivity contribution in [2.75, 3.05) is 52.4 Å². The zero-order chi connectivity index (χ0) is 22.5. The number of amides is 1. The van der Waals surface area contributed by atoms with E-state index in [0.29, 0.717) is 42.4 Å². The highest BCUT2D eigenvalue weighted by Crippen LogP contribution is 2.45. The van der Waals surface area contributed by atoms with Crippen LogP contribution in [-0.4, -0.2) is 64.1 Å². The van der Waals surface area contributed by atoms with Crippen LogP contribution in [0.5, 0.6) is 17.2 Å². The summed E-state index contributed by atoms with van der Waals surface area (Å²) in [5.74, 6) is 1.25. The summed E-state index contributed by atoms with van der Waals surface area (Å²) >= 11 is 0. The average Bonchev–Trinajstić information content (AvgIpc) is 2.80. The van der Waals surface area contributed by atoms with E-state index in [1.807, 2.05) is 43.0 Å². The highest BCUT2D eigenvalue weighted by Gasteiger charge is 2.38. The lowest BCUT2D eigenvalue weighted by molar-refractivity contribution is -0.129.